The Labute approximate surface area is 188 Å². The molecular weight excluding hydrogens is 426 g/mol. The van der Waals surface area contributed by atoms with Crippen LogP contribution in [-0.4, -0.2) is 54.2 Å². The van der Waals surface area contributed by atoms with Crippen molar-refractivity contribution in [1.29, 1.82) is 0 Å². The monoisotopic (exact) mass is 447 g/mol. The number of benzene rings is 1. The lowest BCUT2D eigenvalue weighted by Gasteiger charge is -2.17. The fraction of sp³-hybridized carbons (Fsp3) is 0.190. The summed E-state index contributed by atoms with van der Waals surface area (Å²) in [6.45, 7) is 4.88. The minimum absolute atomic E-state index is 0.227. The third kappa shape index (κ3) is 5.25. The molecule has 0 aliphatic rings. The molecule has 0 saturated carbocycles. The van der Waals surface area contributed by atoms with E-state index in [1.807, 2.05) is 35.7 Å². The Bertz CT molecular complexity index is 1160. The molecule has 11 heteroatoms. The highest BCUT2D eigenvalue weighted by atomic mass is 32.1. The number of hydrogen-bond donors (Lipinski definition) is 2. The first-order valence-corrected chi connectivity index (χ1v) is 10.8. The summed E-state index contributed by atoms with van der Waals surface area (Å²) in [4.78, 5) is 24.7. The summed E-state index contributed by atoms with van der Waals surface area (Å²) in [5, 5.41) is 21.1. The Morgan fingerprint density at radius 3 is 2.75 bits per heavy atom. The molecule has 10 nitrogen and oxygen atoms in total. The molecular formula is C21H21N9OS. The van der Waals surface area contributed by atoms with Gasteiger partial charge in [0.15, 0.2) is 16.7 Å². The first kappa shape index (κ1) is 21.4. The smallest absolute Gasteiger partial charge is 0.243 e. The fourth-order valence-corrected chi connectivity index (χ4v) is 3.81. The van der Waals surface area contributed by atoms with E-state index in [0.29, 0.717) is 36.3 Å². The van der Waals surface area contributed by atoms with Crippen molar-refractivity contribution < 1.29 is 4.79 Å². The van der Waals surface area contributed by atoms with Crippen molar-refractivity contribution in [3.05, 3.63) is 83.9 Å². The number of nitrogens with one attached hydrogen (secondary N) is 2. The molecule has 3 aromatic heterocycles. The van der Waals surface area contributed by atoms with Gasteiger partial charge < -0.3 is 10.6 Å². The van der Waals surface area contributed by atoms with E-state index in [1.165, 1.54) is 17.4 Å². The van der Waals surface area contributed by atoms with Crippen molar-refractivity contribution in [3.63, 3.8) is 0 Å². The summed E-state index contributed by atoms with van der Waals surface area (Å²) in [7, 11) is 0. The normalized spacial score (nSPS) is 11.8. The number of carbonyl (C=O) groups is 1. The molecule has 2 N–H and O–H groups in total. The number of amides is 1. The van der Waals surface area contributed by atoms with Crippen LogP contribution >= 0.6 is 11.3 Å². The lowest BCUT2D eigenvalue weighted by molar-refractivity contribution is -0.116. The van der Waals surface area contributed by atoms with Gasteiger partial charge in [0, 0.05) is 30.9 Å². The van der Waals surface area contributed by atoms with Gasteiger partial charge >= 0.3 is 0 Å². The molecule has 0 fully saturated rings. The molecule has 3 heterocycles. The molecule has 4 rings (SSSR count). The van der Waals surface area contributed by atoms with Crippen LogP contribution in [0.1, 0.15) is 23.1 Å². The summed E-state index contributed by atoms with van der Waals surface area (Å²) in [6, 6.07) is 11.3. The van der Waals surface area contributed by atoms with Crippen LogP contribution in [0.3, 0.4) is 0 Å². The summed E-state index contributed by atoms with van der Waals surface area (Å²) < 4.78 is 1.74. The number of tetrazole rings is 1. The Morgan fingerprint density at radius 2 is 1.97 bits per heavy atom. The molecule has 0 aliphatic heterocycles. The number of aromatic nitrogens is 7. The predicted molar refractivity (Wildman–Crippen MR) is 120 cm³/mol. The standard InChI is InChI=1S/C21H21N9OS/c1-2-17(31)22-11-12-23-18(16-14-32-21(26-16)19-24-9-6-10-25-19)20-27-28-29-30(20)13-15-7-4-3-5-8-15/h2-10,14,18,23H,1,11-13H2,(H,22,31). The van der Waals surface area contributed by atoms with Gasteiger partial charge in [0.1, 0.15) is 6.04 Å². The van der Waals surface area contributed by atoms with E-state index in [2.05, 4.69) is 42.7 Å². The largest absolute Gasteiger partial charge is 0.351 e. The maximum atomic E-state index is 11.5. The van der Waals surface area contributed by atoms with Gasteiger partial charge in [-0.25, -0.2) is 19.6 Å². The Morgan fingerprint density at radius 1 is 1.16 bits per heavy atom. The number of rotatable bonds is 10. The van der Waals surface area contributed by atoms with E-state index in [1.54, 1.807) is 23.1 Å². The van der Waals surface area contributed by atoms with Gasteiger partial charge in [-0.15, -0.1) is 16.4 Å². The summed E-state index contributed by atoms with van der Waals surface area (Å²) in [5.41, 5.74) is 1.83. The topological polar surface area (TPSA) is 123 Å². The van der Waals surface area contributed by atoms with Crippen molar-refractivity contribution in [2.24, 2.45) is 0 Å². The third-order valence-corrected chi connectivity index (χ3v) is 5.38. The van der Waals surface area contributed by atoms with Crippen molar-refractivity contribution in [1.82, 2.24) is 45.8 Å². The van der Waals surface area contributed by atoms with E-state index in [9.17, 15) is 4.79 Å². The molecule has 0 radical (unpaired) electrons. The molecule has 32 heavy (non-hydrogen) atoms. The number of hydrogen-bond acceptors (Lipinski definition) is 9. The van der Waals surface area contributed by atoms with Gasteiger partial charge in [0.05, 0.1) is 12.2 Å². The lowest BCUT2D eigenvalue weighted by Crippen LogP contribution is -2.34. The van der Waals surface area contributed by atoms with Crippen LogP contribution in [-0.2, 0) is 11.3 Å². The Hall–Kier alpha value is -3.83. The molecule has 0 saturated heterocycles. The first-order valence-electron chi connectivity index (χ1n) is 9.91. The van der Waals surface area contributed by atoms with E-state index < -0.39 is 0 Å². The molecule has 1 amide bonds. The average molecular weight is 448 g/mol. The molecule has 162 valence electrons. The maximum absolute atomic E-state index is 11.5. The highest BCUT2D eigenvalue weighted by molar-refractivity contribution is 7.13. The van der Waals surface area contributed by atoms with Crippen molar-refractivity contribution >= 4 is 17.2 Å². The fourth-order valence-electron chi connectivity index (χ4n) is 3.02. The van der Waals surface area contributed by atoms with Crippen molar-refractivity contribution in [2.75, 3.05) is 13.1 Å². The van der Waals surface area contributed by atoms with Crippen LogP contribution in [0.2, 0.25) is 0 Å². The molecule has 0 aliphatic carbocycles. The van der Waals surface area contributed by atoms with Crippen molar-refractivity contribution in [2.45, 2.75) is 12.6 Å². The number of thiazole rings is 1. The zero-order valence-electron chi connectivity index (χ0n) is 17.1. The molecule has 1 atom stereocenters. The zero-order valence-corrected chi connectivity index (χ0v) is 17.9. The highest BCUT2D eigenvalue weighted by Gasteiger charge is 2.24. The molecule has 1 aromatic carbocycles. The number of carbonyl (C=O) groups excluding carboxylic acids is 1. The van der Waals surface area contributed by atoms with Gasteiger partial charge in [-0.3, -0.25) is 4.79 Å². The second kappa shape index (κ2) is 10.5. The van der Waals surface area contributed by atoms with E-state index in [4.69, 9.17) is 4.98 Å². The Kier molecular flexibility index (Phi) is 7.00. The average Bonchev–Trinajstić information content (AvgIpc) is 3.50. The van der Waals surface area contributed by atoms with Gasteiger partial charge in [0.2, 0.25) is 5.91 Å². The highest BCUT2D eigenvalue weighted by Crippen LogP contribution is 2.26. The van der Waals surface area contributed by atoms with Gasteiger partial charge in [0.25, 0.3) is 0 Å². The van der Waals surface area contributed by atoms with Crippen molar-refractivity contribution in [3.8, 4) is 10.8 Å². The van der Waals surface area contributed by atoms with Gasteiger partial charge in [-0.05, 0) is 28.1 Å². The van der Waals surface area contributed by atoms with Crippen LogP contribution < -0.4 is 10.6 Å². The van der Waals surface area contributed by atoms with E-state index in [-0.39, 0.29) is 11.9 Å². The summed E-state index contributed by atoms with van der Waals surface area (Å²) in [6.07, 6.45) is 4.61. The lowest BCUT2D eigenvalue weighted by atomic mass is 10.2. The van der Waals surface area contributed by atoms with Crippen LogP contribution in [0.5, 0.6) is 0 Å². The van der Waals surface area contributed by atoms with Crippen LogP contribution in [0.25, 0.3) is 10.8 Å². The first-order chi connectivity index (χ1) is 15.7. The SMILES string of the molecule is C=CC(=O)NCCNC(c1csc(-c2ncccn2)n1)c1nnnn1Cc1ccccc1. The molecule has 4 aromatic rings. The summed E-state index contributed by atoms with van der Waals surface area (Å²) in [5.74, 6) is 0.953. The second-order valence-electron chi connectivity index (χ2n) is 6.71. The van der Waals surface area contributed by atoms with Crippen LogP contribution in [0.15, 0.2) is 66.8 Å². The quantitative estimate of drug-likeness (QED) is 0.278. The van der Waals surface area contributed by atoms with E-state index in [0.717, 1.165) is 11.3 Å². The number of nitrogens with zero attached hydrogens (tertiary/aromatic N) is 7. The predicted octanol–water partition coefficient (Wildman–Crippen LogP) is 1.62. The molecule has 0 bridgehead atoms. The van der Waals surface area contributed by atoms with Crippen LogP contribution in [0, 0.1) is 0 Å². The van der Waals surface area contributed by atoms with E-state index >= 15 is 0 Å². The molecule has 0 spiro atoms. The Balaban J connectivity index is 1.59. The zero-order chi connectivity index (χ0) is 22.2. The van der Waals surface area contributed by atoms with Crippen LogP contribution in [0.4, 0.5) is 0 Å². The minimum Gasteiger partial charge on any atom is -0.351 e. The molecule has 1 unspecified atom stereocenters. The third-order valence-electron chi connectivity index (χ3n) is 4.53. The second-order valence-corrected chi connectivity index (χ2v) is 7.57. The van der Waals surface area contributed by atoms with Gasteiger partial charge in [-0.2, -0.15) is 0 Å². The maximum Gasteiger partial charge on any atom is 0.243 e. The summed E-state index contributed by atoms with van der Waals surface area (Å²) >= 11 is 1.45. The van der Waals surface area contributed by atoms with Gasteiger partial charge in [-0.1, -0.05) is 36.9 Å². The minimum atomic E-state index is -0.386.